The molecule has 3 aliphatic rings. The van der Waals surface area contributed by atoms with E-state index in [-0.39, 0.29) is 6.10 Å². The number of anilines is 2. The summed E-state index contributed by atoms with van der Waals surface area (Å²) in [6.45, 7) is 4.48. The van der Waals surface area contributed by atoms with Crippen molar-refractivity contribution in [2.45, 2.75) is 82.4 Å². The molecule has 0 radical (unpaired) electrons. The van der Waals surface area contributed by atoms with Gasteiger partial charge in [0.15, 0.2) is 0 Å². The summed E-state index contributed by atoms with van der Waals surface area (Å²) in [5.41, 5.74) is 0. The van der Waals surface area contributed by atoms with E-state index in [4.69, 9.17) is 4.98 Å². The second-order valence-corrected chi connectivity index (χ2v) is 8.58. The van der Waals surface area contributed by atoms with Crippen LogP contribution in [-0.2, 0) is 0 Å². The fourth-order valence-corrected chi connectivity index (χ4v) is 4.96. The lowest BCUT2D eigenvalue weighted by molar-refractivity contribution is 0.0625. The molecule has 4 rings (SSSR count). The predicted octanol–water partition coefficient (Wildman–Crippen LogP) is 3.04. The smallest absolute Gasteiger partial charge is 0.224 e. The van der Waals surface area contributed by atoms with Gasteiger partial charge in [-0.3, -0.25) is 4.90 Å². The molecule has 1 atom stereocenters. The quantitative estimate of drug-likeness (QED) is 0.846. The summed E-state index contributed by atoms with van der Waals surface area (Å²) in [5, 5.41) is 13.4. The van der Waals surface area contributed by atoms with Crippen LogP contribution in [0.15, 0.2) is 12.3 Å². The molecule has 0 spiro atoms. The molecule has 2 aliphatic heterocycles. The molecule has 6 nitrogen and oxygen atoms in total. The van der Waals surface area contributed by atoms with Crippen molar-refractivity contribution in [3.8, 4) is 0 Å². The molecule has 1 saturated carbocycles. The van der Waals surface area contributed by atoms with Crippen LogP contribution in [0.5, 0.6) is 0 Å². The zero-order valence-corrected chi connectivity index (χ0v) is 16.5. The normalized spacial score (nSPS) is 30.7. The molecule has 1 aromatic heterocycles. The average molecular weight is 374 g/mol. The Morgan fingerprint density at radius 2 is 1.70 bits per heavy atom. The van der Waals surface area contributed by atoms with Crippen molar-refractivity contribution in [1.29, 1.82) is 0 Å². The van der Waals surface area contributed by atoms with Gasteiger partial charge in [0.1, 0.15) is 5.82 Å². The number of aliphatic hydroxyl groups excluding tert-OH is 1. The first-order valence-corrected chi connectivity index (χ1v) is 11.0. The second kappa shape index (κ2) is 9.20. The van der Waals surface area contributed by atoms with Crippen molar-refractivity contribution in [3.63, 3.8) is 0 Å². The minimum atomic E-state index is -0.0740. The fourth-order valence-electron chi connectivity index (χ4n) is 4.96. The van der Waals surface area contributed by atoms with Crippen LogP contribution in [0.1, 0.15) is 64.2 Å². The molecule has 1 aromatic rings. The molecule has 150 valence electrons. The van der Waals surface area contributed by atoms with Gasteiger partial charge in [0, 0.05) is 37.9 Å². The molecule has 2 N–H and O–H groups in total. The average Bonchev–Trinajstić information content (AvgIpc) is 2.99. The zero-order chi connectivity index (χ0) is 18.5. The van der Waals surface area contributed by atoms with Crippen molar-refractivity contribution in [2.75, 3.05) is 36.4 Å². The lowest BCUT2D eigenvalue weighted by atomic mass is 9.90. The molecule has 0 bridgehead atoms. The highest BCUT2D eigenvalue weighted by Crippen LogP contribution is 2.26. The van der Waals surface area contributed by atoms with Crippen LogP contribution in [0.3, 0.4) is 0 Å². The summed E-state index contributed by atoms with van der Waals surface area (Å²) >= 11 is 0. The molecule has 27 heavy (non-hydrogen) atoms. The van der Waals surface area contributed by atoms with Gasteiger partial charge in [-0.25, -0.2) is 4.98 Å². The van der Waals surface area contributed by atoms with Crippen LogP contribution in [-0.4, -0.2) is 64.3 Å². The van der Waals surface area contributed by atoms with E-state index in [1.807, 2.05) is 6.20 Å². The molecule has 0 aromatic carbocycles. The number of hydrogen-bond acceptors (Lipinski definition) is 6. The van der Waals surface area contributed by atoms with E-state index in [1.54, 1.807) is 0 Å². The molecule has 3 heterocycles. The largest absolute Gasteiger partial charge is 0.393 e. The summed E-state index contributed by atoms with van der Waals surface area (Å²) in [6, 6.07) is 3.11. The van der Waals surface area contributed by atoms with Crippen LogP contribution in [0.2, 0.25) is 0 Å². The molecule has 2 saturated heterocycles. The van der Waals surface area contributed by atoms with E-state index in [2.05, 4.69) is 26.2 Å². The van der Waals surface area contributed by atoms with Crippen molar-refractivity contribution >= 4 is 11.8 Å². The summed E-state index contributed by atoms with van der Waals surface area (Å²) < 4.78 is 0. The number of nitrogens with zero attached hydrogens (tertiary/aromatic N) is 4. The molecular formula is C21H35N5O. The summed E-state index contributed by atoms with van der Waals surface area (Å²) in [5.74, 6) is 1.85. The van der Waals surface area contributed by atoms with Gasteiger partial charge in [-0.05, 0) is 64.0 Å². The summed E-state index contributed by atoms with van der Waals surface area (Å²) in [6.07, 6.45) is 13.6. The third-order valence-electron chi connectivity index (χ3n) is 6.54. The first-order chi connectivity index (χ1) is 13.3. The molecule has 6 heteroatoms. The van der Waals surface area contributed by atoms with Crippen molar-refractivity contribution < 1.29 is 5.11 Å². The fraction of sp³-hybridized carbons (Fsp3) is 0.810. The van der Waals surface area contributed by atoms with E-state index in [0.29, 0.717) is 12.1 Å². The van der Waals surface area contributed by atoms with Crippen LogP contribution in [0, 0.1) is 0 Å². The highest BCUT2D eigenvalue weighted by Gasteiger charge is 2.29. The first-order valence-electron chi connectivity index (χ1n) is 11.0. The van der Waals surface area contributed by atoms with Gasteiger partial charge in [0.2, 0.25) is 5.95 Å². The van der Waals surface area contributed by atoms with E-state index < -0.39 is 0 Å². The number of rotatable bonds is 4. The highest BCUT2D eigenvalue weighted by molar-refractivity contribution is 5.43. The van der Waals surface area contributed by atoms with Crippen LogP contribution < -0.4 is 10.2 Å². The first kappa shape index (κ1) is 18.9. The molecule has 0 unspecified atom stereocenters. The van der Waals surface area contributed by atoms with E-state index in [0.717, 1.165) is 57.1 Å². The molecular weight excluding hydrogens is 338 g/mol. The van der Waals surface area contributed by atoms with Crippen molar-refractivity contribution in [1.82, 2.24) is 14.9 Å². The minimum absolute atomic E-state index is 0.0740. The summed E-state index contributed by atoms with van der Waals surface area (Å²) in [7, 11) is 0. The number of piperidine rings is 1. The third kappa shape index (κ3) is 5.11. The van der Waals surface area contributed by atoms with Crippen LogP contribution in [0.4, 0.5) is 11.8 Å². The molecule has 1 aliphatic carbocycles. The topological polar surface area (TPSA) is 64.5 Å². The Bertz CT molecular complexity index is 582. The zero-order valence-electron chi connectivity index (χ0n) is 16.5. The number of nitrogens with one attached hydrogen (secondary N) is 1. The van der Waals surface area contributed by atoms with Gasteiger partial charge < -0.3 is 15.3 Å². The Labute approximate surface area is 163 Å². The van der Waals surface area contributed by atoms with Gasteiger partial charge in [0.05, 0.1) is 6.10 Å². The minimum Gasteiger partial charge on any atom is -0.393 e. The number of aromatic nitrogens is 2. The Morgan fingerprint density at radius 3 is 2.48 bits per heavy atom. The molecule has 0 amide bonds. The number of hydrogen-bond donors (Lipinski definition) is 2. The maximum absolute atomic E-state index is 9.77. The third-order valence-corrected chi connectivity index (χ3v) is 6.54. The number of likely N-dealkylation sites (tertiary alicyclic amines) is 1. The Balaban J connectivity index is 1.35. The lowest BCUT2D eigenvalue weighted by Crippen LogP contribution is -2.48. The lowest BCUT2D eigenvalue weighted by Gasteiger charge is -2.41. The monoisotopic (exact) mass is 373 g/mol. The van der Waals surface area contributed by atoms with Gasteiger partial charge in [-0.1, -0.05) is 12.8 Å². The highest BCUT2D eigenvalue weighted by atomic mass is 16.3. The van der Waals surface area contributed by atoms with Crippen molar-refractivity contribution in [3.05, 3.63) is 12.3 Å². The number of aliphatic hydroxyl groups is 1. The SMILES string of the molecule is OC1CCC(N2CCC[C@H](Nc3nccc(N4CCCCCC4)n3)C2)CC1. The molecule has 3 fully saturated rings. The van der Waals surface area contributed by atoms with Gasteiger partial charge in [-0.2, -0.15) is 4.98 Å². The Morgan fingerprint density at radius 1 is 0.926 bits per heavy atom. The summed E-state index contributed by atoms with van der Waals surface area (Å²) in [4.78, 5) is 14.4. The maximum Gasteiger partial charge on any atom is 0.224 e. The van der Waals surface area contributed by atoms with Crippen LogP contribution in [0.25, 0.3) is 0 Å². The predicted molar refractivity (Wildman–Crippen MR) is 109 cm³/mol. The maximum atomic E-state index is 9.77. The Hall–Kier alpha value is -1.40. The van der Waals surface area contributed by atoms with E-state index in [9.17, 15) is 5.11 Å². The Kier molecular flexibility index (Phi) is 6.45. The van der Waals surface area contributed by atoms with Gasteiger partial charge in [0.25, 0.3) is 0 Å². The van der Waals surface area contributed by atoms with Gasteiger partial charge >= 0.3 is 0 Å². The van der Waals surface area contributed by atoms with E-state index in [1.165, 1.54) is 45.1 Å². The van der Waals surface area contributed by atoms with Crippen molar-refractivity contribution in [2.24, 2.45) is 0 Å². The van der Waals surface area contributed by atoms with E-state index >= 15 is 0 Å². The van der Waals surface area contributed by atoms with Crippen LogP contribution >= 0.6 is 0 Å². The standard InChI is InChI=1S/C21H35N5O/c27-19-9-7-18(8-10-19)26-15-5-6-17(16-26)23-21-22-12-11-20(24-21)25-13-3-1-2-4-14-25/h11-12,17-19,27H,1-10,13-16H2,(H,22,23,24)/t17-,18?,19?/m0/s1. The second-order valence-electron chi connectivity index (χ2n) is 8.58. The van der Waals surface area contributed by atoms with Gasteiger partial charge in [-0.15, -0.1) is 0 Å².